The molecule has 3 N–H and O–H groups in total. The molecule has 0 saturated heterocycles. The molecule has 7 heteroatoms. The van der Waals surface area contributed by atoms with Crippen molar-refractivity contribution in [3.63, 3.8) is 0 Å². The fourth-order valence-corrected chi connectivity index (χ4v) is 3.56. The van der Waals surface area contributed by atoms with Gasteiger partial charge >= 0.3 is 5.97 Å². The summed E-state index contributed by atoms with van der Waals surface area (Å²) in [6.45, 7) is 4.59. The number of carbonyl (C=O) groups is 3. The summed E-state index contributed by atoms with van der Waals surface area (Å²) in [7, 11) is 0. The van der Waals surface area contributed by atoms with Gasteiger partial charge in [0.05, 0.1) is 12.2 Å². The van der Waals surface area contributed by atoms with Crippen molar-refractivity contribution in [1.82, 2.24) is 0 Å². The minimum atomic E-state index is -1.68. The third kappa shape index (κ3) is 2.15. The van der Waals surface area contributed by atoms with Crippen LogP contribution in [-0.2, 0) is 29.3 Å². The van der Waals surface area contributed by atoms with Gasteiger partial charge < -0.3 is 20.5 Å². The molecule has 1 atom stereocenters. The molecule has 1 spiro atoms. The van der Waals surface area contributed by atoms with Gasteiger partial charge in [-0.3, -0.25) is 9.59 Å². The van der Waals surface area contributed by atoms with Crippen LogP contribution in [0.2, 0.25) is 0 Å². The van der Waals surface area contributed by atoms with E-state index in [0.717, 1.165) is 0 Å². The zero-order valence-electron chi connectivity index (χ0n) is 14.1. The highest BCUT2D eigenvalue weighted by molar-refractivity contribution is 6.22. The fraction of sp³-hybridized carbons (Fsp3) is 0.278. The molecule has 1 aromatic carbocycles. The van der Waals surface area contributed by atoms with E-state index >= 15 is 0 Å². The molecule has 25 heavy (non-hydrogen) atoms. The number of nitrogens with one attached hydrogen (secondary N) is 1. The predicted octanol–water partition coefficient (Wildman–Crippen LogP) is 1.50. The molecule has 1 amide bonds. The van der Waals surface area contributed by atoms with E-state index in [0.29, 0.717) is 11.3 Å². The monoisotopic (exact) mass is 342 g/mol. The normalized spacial score (nSPS) is 21.8. The third-order valence-corrected chi connectivity index (χ3v) is 4.36. The average molecular weight is 342 g/mol. The van der Waals surface area contributed by atoms with Crippen LogP contribution in [-0.4, -0.2) is 24.3 Å². The minimum absolute atomic E-state index is 0.0761. The number of nitrogens with two attached hydrogens (primary N) is 1. The second kappa shape index (κ2) is 5.77. The molecule has 0 fully saturated rings. The smallest absolute Gasteiger partial charge is 0.341 e. The number of amides is 1. The summed E-state index contributed by atoms with van der Waals surface area (Å²) in [4.78, 5) is 38.2. The van der Waals surface area contributed by atoms with E-state index in [1.807, 2.05) is 0 Å². The van der Waals surface area contributed by atoms with Gasteiger partial charge in [-0.15, -0.1) is 0 Å². The van der Waals surface area contributed by atoms with Crippen molar-refractivity contribution in [2.45, 2.75) is 26.2 Å². The van der Waals surface area contributed by atoms with Crippen molar-refractivity contribution in [3.8, 4) is 0 Å². The average Bonchev–Trinajstić information content (AvgIpc) is 2.80. The van der Waals surface area contributed by atoms with Crippen LogP contribution in [0.25, 0.3) is 0 Å². The van der Waals surface area contributed by atoms with Crippen LogP contribution < -0.4 is 11.1 Å². The molecule has 2 aliphatic rings. The van der Waals surface area contributed by atoms with Crippen molar-refractivity contribution in [3.05, 3.63) is 52.6 Å². The SMILES string of the molecule is CCOC(=O)C1=C(N)OC(C)=C(C(C)=O)[C@]12C(=O)Nc1ccccc12. The molecule has 2 heterocycles. The zero-order chi connectivity index (χ0) is 18.4. The van der Waals surface area contributed by atoms with Gasteiger partial charge in [-0.1, -0.05) is 18.2 Å². The zero-order valence-corrected chi connectivity index (χ0v) is 14.1. The molecule has 0 saturated carbocycles. The minimum Gasteiger partial charge on any atom is -0.462 e. The summed E-state index contributed by atoms with van der Waals surface area (Å²) in [6, 6.07) is 6.85. The maximum Gasteiger partial charge on any atom is 0.341 e. The Morgan fingerprint density at radius 3 is 2.60 bits per heavy atom. The lowest BCUT2D eigenvalue weighted by atomic mass is 9.67. The van der Waals surface area contributed by atoms with Gasteiger partial charge in [0.2, 0.25) is 11.8 Å². The van der Waals surface area contributed by atoms with Crippen LogP contribution in [0.15, 0.2) is 47.1 Å². The standard InChI is InChI=1S/C18H18N2O5/c1-4-24-16(22)14-15(19)25-10(3)13(9(2)21)18(14)11-7-5-6-8-12(11)20-17(18)23/h5-8H,4,19H2,1-3H3,(H,20,23)/t18-/m0/s1. The van der Waals surface area contributed by atoms with Crippen molar-refractivity contribution in [2.75, 3.05) is 11.9 Å². The first-order valence-corrected chi connectivity index (χ1v) is 7.84. The van der Waals surface area contributed by atoms with Crippen LogP contribution in [0.3, 0.4) is 0 Å². The van der Waals surface area contributed by atoms with Crippen molar-refractivity contribution < 1.29 is 23.9 Å². The number of ketones is 1. The lowest BCUT2D eigenvalue weighted by molar-refractivity contribution is -0.141. The number of hydrogen-bond acceptors (Lipinski definition) is 6. The van der Waals surface area contributed by atoms with Crippen LogP contribution in [0, 0.1) is 0 Å². The summed E-state index contributed by atoms with van der Waals surface area (Å²) >= 11 is 0. The highest BCUT2D eigenvalue weighted by Gasteiger charge is 2.60. The quantitative estimate of drug-likeness (QED) is 0.806. The van der Waals surface area contributed by atoms with E-state index in [-0.39, 0.29) is 29.4 Å². The number of rotatable bonds is 3. The molecule has 0 unspecified atom stereocenters. The van der Waals surface area contributed by atoms with E-state index in [9.17, 15) is 14.4 Å². The third-order valence-electron chi connectivity index (χ3n) is 4.36. The van der Waals surface area contributed by atoms with Gasteiger partial charge in [0, 0.05) is 11.3 Å². The number of para-hydroxylation sites is 1. The van der Waals surface area contributed by atoms with Gasteiger partial charge in [-0.05, 0) is 26.8 Å². The van der Waals surface area contributed by atoms with Crippen molar-refractivity contribution in [1.29, 1.82) is 0 Å². The van der Waals surface area contributed by atoms with Crippen LogP contribution in [0.5, 0.6) is 0 Å². The Bertz CT molecular complexity index is 868. The molecular weight excluding hydrogens is 324 g/mol. The number of hydrogen-bond donors (Lipinski definition) is 2. The Labute approximate surface area is 144 Å². The number of allylic oxidation sites excluding steroid dienone is 1. The van der Waals surface area contributed by atoms with Crippen molar-refractivity contribution in [2.24, 2.45) is 5.73 Å². The summed E-state index contributed by atoms with van der Waals surface area (Å²) in [5.74, 6) is -1.78. The van der Waals surface area contributed by atoms with Gasteiger partial charge in [0.15, 0.2) is 5.78 Å². The molecule has 0 radical (unpaired) electrons. The maximum absolute atomic E-state index is 13.1. The van der Waals surface area contributed by atoms with Crippen molar-refractivity contribution >= 4 is 23.3 Å². The van der Waals surface area contributed by atoms with Crippen LogP contribution >= 0.6 is 0 Å². The number of esters is 1. The number of ether oxygens (including phenoxy) is 2. The molecule has 0 aromatic heterocycles. The van der Waals surface area contributed by atoms with Gasteiger partial charge in [-0.25, -0.2) is 4.79 Å². The molecule has 0 aliphatic carbocycles. The predicted molar refractivity (Wildman–Crippen MR) is 89.1 cm³/mol. The summed E-state index contributed by atoms with van der Waals surface area (Å²) in [5, 5.41) is 2.73. The largest absolute Gasteiger partial charge is 0.462 e. The number of fused-ring (bicyclic) bond motifs is 2. The number of Topliss-reactive ketones (excluding diaryl/α,β-unsaturated/α-hetero) is 1. The first-order chi connectivity index (χ1) is 11.9. The Morgan fingerprint density at radius 2 is 1.96 bits per heavy atom. The number of carbonyl (C=O) groups excluding carboxylic acids is 3. The molecule has 0 bridgehead atoms. The Hall–Kier alpha value is -3.09. The first-order valence-electron chi connectivity index (χ1n) is 7.84. The van der Waals surface area contributed by atoms with Crippen LogP contribution in [0.1, 0.15) is 26.3 Å². The number of benzene rings is 1. The Morgan fingerprint density at radius 1 is 1.28 bits per heavy atom. The molecule has 130 valence electrons. The highest BCUT2D eigenvalue weighted by atomic mass is 16.5. The van der Waals surface area contributed by atoms with Gasteiger partial charge in [0.1, 0.15) is 16.7 Å². The second-order valence-corrected chi connectivity index (χ2v) is 5.80. The number of anilines is 1. The first kappa shape index (κ1) is 16.8. The van der Waals surface area contributed by atoms with Crippen LogP contribution in [0.4, 0.5) is 5.69 Å². The van der Waals surface area contributed by atoms with E-state index in [1.54, 1.807) is 38.1 Å². The summed E-state index contributed by atoms with van der Waals surface area (Å²) in [6.07, 6.45) is 0. The lowest BCUT2D eigenvalue weighted by Gasteiger charge is -2.35. The van der Waals surface area contributed by atoms with E-state index in [2.05, 4.69) is 5.32 Å². The van der Waals surface area contributed by atoms with Gasteiger partial charge in [0.25, 0.3) is 0 Å². The molecule has 2 aliphatic heterocycles. The molecule has 7 nitrogen and oxygen atoms in total. The summed E-state index contributed by atoms with van der Waals surface area (Å²) in [5.41, 5.74) is 5.17. The second-order valence-electron chi connectivity index (χ2n) is 5.80. The summed E-state index contributed by atoms with van der Waals surface area (Å²) < 4.78 is 10.5. The topological polar surface area (TPSA) is 108 Å². The maximum atomic E-state index is 13.1. The molecule has 3 rings (SSSR count). The van der Waals surface area contributed by atoms with E-state index < -0.39 is 23.1 Å². The van der Waals surface area contributed by atoms with E-state index in [4.69, 9.17) is 15.2 Å². The Balaban J connectivity index is 2.41. The fourth-order valence-electron chi connectivity index (χ4n) is 3.56. The lowest BCUT2D eigenvalue weighted by Crippen LogP contribution is -2.47. The molecular formula is C18H18N2O5. The van der Waals surface area contributed by atoms with Gasteiger partial charge in [-0.2, -0.15) is 0 Å². The highest BCUT2D eigenvalue weighted by Crippen LogP contribution is 2.52. The van der Waals surface area contributed by atoms with E-state index in [1.165, 1.54) is 6.92 Å². The molecule has 1 aromatic rings. The Kier molecular flexibility index (Phi) is 3.87.